The summed E-state index contributed by atoms with van der Waals surface area (Å²) in [5, 5.41) is 2.96. The molecular weight excluding hydrogens is 318 g/mol. The molecular formula is C19H29N3O3. The summed E-state index contributed by atoms with van der Waals surface area (Å²) in [4.78, 5) is 26.7. The third kappa shape index (κ3) is 5.46. The summed E-state index contributed by atoms with van der Waals surface area (Å²) >= 11 is 0. The van der Waals surface area contributed by atoms with E-state index in [1.165, 1.54) is 0 Å². The van der Waals surface area contributed by atoms with Gasteiger partial charge >= 0.3 is 0 Å². The van der Waals surface area contributed by atoms with Gasteiger partial charge < -0.3 is 20.7 Å². The van der Waals surface area contributed by atoms with E-state index >= 15 is 0 Å². The largest absolute Gasteiger partial charge is 0.399 e. The second-order valence-corrected chi connectivity index (χ2v) is 6.48. The van der Waals surface area contributed by atoms with Gasteiger partial charge in [0.2, 0.25) is 5.91 Å². The molecule has 0 aromatic heterocycles. The molecule has 1 aromatic rings. The van der Waals surface area contributed by atoms with Crippen molar-refractivity contribution in [3.63, 3.8) is 0 Å². The minimum atomic E-state index is -0.0157. The molecule has 1 fully saturated rings. The third-order valence-electron chi connectivity index (χ3n) is 4.61. The van der Waals surface area contributed by atoms with Crippen molar-refractivity contribution >= 4 is 17.5 Å². The maximum atomic E-state index is 12.7. The van der Waals surface area contributed by atoms with Crippen LogP contribution in [0, 0.1) is 12.8 Å². The van der Waals surface area contributed by atoms with Crippen LogP contribution in [0.5, 0.6) is 0 Å². The highest BCUT2D eigenvalue weighted by Gasteiger charge is 2.28. The number of hydrogen-bond donors (Lipinski definition) is 2. The van der Waals surface area contributed by atoms with Crippen LogP contribution in [0.1, 0.15) is 42.1 Å². The average Bonchev–Trinajstić information content (AvgIpc) is 2.63. The summed E-state index contributed by atoms with van der Waals surface area (Å²) in [5.41, 5.74) is 7.97. The lowest BCUT2D eigenvalue weighted by Gasteiger charge is -2.31. The second kappa shape index (κ2) is 9.42. The summed E-state index contributed by atoms with van der Waals surface area (Å²) in [6.07, 6.45) is 2.22. The Morgan fingerprint density at radius 1 is 1.32 bits per heavy atom. The van der Waals surface area contributed by atoms with Crippen molar-refractivity contribution in [1.29, 1.82) is 0 Å². The first-order valence-electron chi connectivity index (χ1n) is 9.03. The molecule has 1 aliphatic heterocycles. The number of carbonyl (C=O) groups excluding carboxylic acids is 2. The number of ether oxygens (including phenoxy) is 1. The van der Waals surface area contributed by atoms with Crippen molar-refractivity contribution in [3.05, 3.63) is 29.3 Å². The second-order valence-electron chi connectivity index (χ2n) is 6.48. The number of aryl methyl sites for hydroxylation is 1. The number of nitrogen functional groups attached to an aromatic ring is 1. The fourth-order valence-corrected chi connectivity index (χ4v) is 3.06. The topological polar surface area (TPSA) is 84.7 Å². The lowest BCUT2D eigenvalue weighted by molar-refractivity contribution is -0.126. The van der Waals surface area contributed by atoms with E-state index in [1.54, 1.807) is 12.1 Å². The number of amides is 2. The highest BCUT2D eigenvalue weighted by Crippen LogP contribution is 2.21. The van der Waals surface area contributed by atoms with Crippen molar-refractivity contribution in [2.24, 2.45) is 5.92 Å². The molecule has 0 radical (unpaired) electrons. The van der Waals surface area contributed by atoms with E-state index in [-0.39, 0.29) is 17.7 Å². The summed E-state index contributed by atoms with van der Waals surface area (Å²) in [6.45, 7) is 7.08. The first-order chi connectivity index (χ1) is 12.0. The molecule has 3 N–H and O–H groups in total. The van der Waals surface area contributed by atoms with E-state index in [0.29, 0.717) is 56.9 Å². The monoisotopic (exact) mass is 347 g/mol. The normalized spacial score (nSPS) is 15.2. The van der Waals surface area contributed by atoms with E-state index in [9.17, 15) is 9.59 Å². The molecule has 6 heteroatoms. The number of benzene rings is 1. The lowest BCUT2D eigenvalue weighted by atomic mass is 9.95. The minimum absolute atomic E-state index is 0.000345. The number of hydrogen-bond acceptors (Lipinski definition) is 4. The zero-order valence-corrected chi connectivity index (χ0v) is 15.2. The van der Waals surface area contributed by atoms with Gasteiger partial charge in [0.25, 0.3) is 5.91 Å². The van der Waals surface area contributed by atoms with Gasteiger partial charge in [-0.25, -0.2) is 0 Å². The molecule has 2 rings (SSSR count). The number of nitrogens with two attached hydrogens (primary N) is 1. The maximum Gasteiger partial charge on any atom is 0.254 e. The molecule has 0 spiro atoms. The molecule has 0 bridgehead atoms. The molecule has 1 aliphatic rings. The summed E-state index contributed by atoms with van der Waals surface area (Å²) in [7, 11) is 0. The van der Waals surface area contributed by atoms with Crippen molar-refractivity contribution in [2.45, 2.75) is 33.1 Å². The number of piperidine rings is 1. The van der Waals surface area contributed by atoms with Gasteiger partial charge in [-0.2, -0.15) is 0 Å². The Labute approximate surface area is 149 Å². The van der Waals surface area contributed by atoms with Crippen molar-refractivity contribution in [1.82, 2.24) is 10.2 Å². The molecule has 0 atom stereocenters. The van der Waals surface area contributed by atoms with Gasteiger partial charge in [-0.1, -0.05) is 6.07 Å². The van der Waals surface area contributed by atoms with Crippen LogP contribution in [0.25, 0.3) is 0 Å². The third-order valence-corrected chi connectivity index (χ3v) is 4.61. The molecule has 1 saturated heterocycles. The predicted molar refractivity (Wildman–Crippen MR) is 98.3 cm³/mol. The summed E-state index contributed by atoms with van der Waals surface area (Å²) < 4.78 is 5.26. The Hall–Kier alpha value is -2.08. The molecule has 138 valence electrons. The number of anilines is 1. The average molecular weight is 347 g/mol. The summed E-state index contributed by atoms with van der Waals surface area (Å²) in [6, 6.07) is 5.40. The van der Waals surface area contributed by atoms with Crippen LogP contribution in [-0.2, 0) is 9.53 Å². The number of nitrogens with one attached hydrogen (secondary N) is 1. The Morgan fingerprint density at radius 3 is 2.72 bits per heavy atom. The maximum absolute atomic E-state index is 12.7. The highest BCUT2D eigenvalue weighted by atomic mass is 16.5. The first kappa shape index (κ1) is 19.2. The molecule has 0 saturated carbocycles. The molecule has 25 heavy (non-hydrogen) atoms. The van der Waals surface area contributed by atoms with Crippen LogP contribution in [0.15, 0.2) is 18.2 Å². The first-order valence-corrected chi connectivity index (χ1v) is 9.03. The van der Waals surface area contributed by atoms with Crippen LogP contribution >= 0.6 is 0 Å². The van der Waals surface area contributed by atoms with Gasteiger partial charge in [0.1, 0.15) is 0 Å². The van der Waals surface area contributed by atoms with Gasteiger partial charge in [0.15, 0.2) is 0 Å². The molecule has 6 nitrogen and oxygen atoms in total. The SMILES string of the molecule is CCOCCCNC(=O)C1CCN(C(=O)c2cc(N)ccc2C)CC1. The Balaban J connectivity index is 1.80. The summed E-state index contributed by atoms with van der Waals surface area (Å²) in [5.74, 6) is 0.0715. The zero-order chi connectivity index (χ0) is 18.2. The Morgan fingerprint density at radius 2 is 2.04 bits per heavy atom. The molecule has 0 unspecified atom stereocenters. The van der Waals surface area contributed by atoms with Crippen LogP contribution in [-0.4, -0.2) is 49.6 Å². The molecule has 0 aliphatic carbocycles. The van der Waals surface area contributed by atoms with Gasteiger partial charge in [-0.3, -0.25) is 9.59 Å². The van der Waals surface area contributed by atoms with Crippen molar-refractivity contribution in [2.75, 3.05) is 38.6 Å². The minimum Gasteiger partial charge on any atom is -0.399 e. The number of likely N-dealkylation sites (tertiary alicyclic amines) is 1. The zero-order valence-electron chi connectivity index (χ0n) is 15.2. The van der Waals surface area contributed by atoms with E-state index in [0.717, 1.165) is 12.0 Å². The fraction of sp³-hybridized carbons (Fsp3) is 0.579. The smallest absolute Gasteiger partial charge is 0.254 e. The fourth-order valence-electron chi connectivity index (χ4n) is 3.06. The van der Waals surface area contributed by atoms with Gasteiger partial charge in [0, 0.05) is 50.0 Å². The number of nitrogens with zero attached hydrogens (tertiary/aromatic N) is 1. The quantitative estimate of drug-likeness (QED) is 0.583. The van der Waals surface area contributed by atoms with Crippen LogP contribution in [0.4, 0.5) is 5.69 Å². The van der Waals surface area contributed by atoms with Crippen LogP contribution in [0.3, 0.4) is 0 Å². The molecule has 1 heterocycles. The Kier molecular flexibility index (Phi) is 7.25. The van der Waals surface area contributed by atoms with Gasteiger partial charge in [-0.05, 0) is 50.8 Å². The van der Waals surface area contributed by atoms with E-state index in [2.05, 4.69) is 5.32 Å². The van der Waals surface area contributed by atoms with Crippen LogP contribution in [0.2, 0.25) is 0 Å². The van der Waals surface area contributed by atoms with Gasteiger partial charge in [-0.15, -0.1) is 0 Å². The van der Waals surface area contributed by atoms with Crippen LogP contribution < -0.4 is 11.1 Å². The van der Waals surface area contributed by atoms with Crippen molar-refractivity contribution < 1.29 is 14.3 Å². The van der Waals surface area contributed by atoms with E-state index in [4.69, 9.17) is 10.5 Å². The number of rotatable bonds is 7. The standard InChI is InChI=1S/C19H29N3O3/c1-3-25-12-4-9-21-18(23)15-7-10-22(11-8-15)19(24)17-13-16(20)6-5-14(17)2/h5-6,13,15H,3-4,7-12,20H2,1-2H3,(H,21,23). The molecule has 1 aromatic carbocycles. The van der Waals surface area contributed by atoms with Crippen molar-refractivity contribution in [3.8, 4) is 0 Å². The van der Waals surface area contributed by atoms with E-state index < -0.39 is 0 Å². The highest BCUT2D eigenvalue weighted by molar-refractivity contribution is 5.96. The number of carbonyl (C=O) groups is 2. The lowest BCUT2D eigenvalue weighted by Crippen LogP contribution is -2.43. The predicted octanol–water partition coefficient (Wildman–Crippen LogP) is 1.97. The van der Waals surface area contributed by atoms with E-state index in [1.807, 2.05) is 24.8 Å². The molecule has 2 amide bonds. The Bertz CT molecular complexity index is 596. The van der Waals surface area contributed by atoms with Gasteiger partial charge in [0.05, 0.1) is 0 Å².